The Morgan fingerprint density at radius 2 is 1.86 bits per heavy atom. The maximum atomic E-state index is 12.2. The molecule has 1 aromatic carbocycles. The van der Waals surface area contributed by atoms with E-state index < -0.39 is 5.54 Å². The molecule has 1 atom stereocenters. The fourth-order valence-corrected chi connectivity index (χ4v) is 4.87. The number of benzene rings is 1. The maximum Gasteiger partial charge on any atom is 0.167 e. The first-order chi connectivity index (χ1) is 17.3. The van der Waals surface area contributed by atoms with Crippen molar-refractivity contribution in [3.05, 3.63) is 85.5 Å². The molecule has 1 N–H and O–H groups in total. The van der Waals surface area contributed by atoms with Gasteiger partial charge in [-0.05, 0) is 70.9 Å². The van der Waals surface area contributed by atoms with E-state index in [0.29, 0.717) is 17.1 Å². The van der Waals surface area contributed by atoms with Crippen LogP contribution in [0.15, 0.2) is 52.6 Å². The number of nitroso groups, excluding NO2 is 1. The lowest BCUT2D eigenvalue weighted by Crippen LogP contribution is -2.40. The van der Waals surface area contributed by atoms with Gasteiger partial charge in [0.1, 0.15) is 0 Å². The molecule has 9 heteroatoms. The van der Waals surface area contributed by atoms with Gasteiger partial charge in [0.15, 0.2) is 5.54 Å². The smallest absolute Gasteiger partial charge is 0.167 e. The van der Waals surface area contributed by atoms with E-state index in [4.69, 9.17) is 11.6 Å². The van der Waals surface area contributed by atoms with Gasteiger partial charge in [-0.2, -0.15) is 0 Å². The zero-order chi connectivity index (χ0) is 26.3. The number of nitrogens with zero attached hydrogens (tertiary/aromatic N) is 5. The van der Waals surface area contributed by atoms with Crippen molar-refractivity contribution in [1.82, 2.24) is 24.8 Å². The summed E-state index contributed by atoms with van der Waals surface area (Å²) in [5.41, 5.74) is 4.19. The third-order valence-electron chi connectivity index (χ3n) is 6.36. The molecule has 1 fully saturated rings. The minimum Gasteiger partial charge on any atom is -0.335 e. The second-order valence-electron chi connectivity index (χ2n) is 8.83. The van der Waals surface area contributed by atoms with Crippen LogP contribution in [0.25, 0.3) is 11.6 Å². The van der Waals surface area contributed by atoms with E-state index in [1.54, 1.807) is 18.7 Å². The van der Waals surface area contributed by atoms with Gasteiger partial charge in [-0.15, -0.1) is 4.91 Å². The number of hydrogen-bond donors (Lipinski definition) is 1. The Morgan fingerprint density at radius 3 is 2.44 bits per heavy atom. The molecule has 192 valence electrons. The molecule has 2 aromatic heterocycles. The molecular formula is C27H34BrClN6O. The molecule has 5 rings (SSSR count). The van der Waals surface area contributed by atoms with Gasteiger partial charge in [0, 0.05) is 60.9 Å². The summed E-state index contributed by atoms with van der Waals surface area (Å²) in [6.45, 7) is 10.6. The minimum absolute atomic E-state index is 0.644. The number of rotatable bonds is 3. The Labute approximate surface area is 227 Å². The zero-order valence-electron chi connectivity index (χ0n) is 21.6. The van der Waals surface area contributed by atoms with E-state index in [-0.39, 0.29) is 0 Å². The monoisotopic (exact) mass is 572 g/mol. The molecule has 0 saturated carbocycles. The van der Waals surface area contributed by atoms with Crippen LogP contribution in [-0.2, 0) is 19.0 Å². The molecule has 3 aromatic rings. The van der Waals surface area contributed by atoms with Gasteiger partial charge in [0.2, 0.25) is 0 Å². The number of halogens is 2. The molecule has 0 amide bonds. The van der Waals surface area contributed by atoms with Crippen LogP contribution < -0.4 is 5.32 Å². The highest BCUT2D eigenvalue weighted by molar-refractivity contribution is 9.10. The summed E-state index contributed by atoms with van der Waals surface area (Å²) in [7, 11) is 4.01. The lowest BCUT2D eigenvalue weighted by Gasteiger charge is -2.26. The van der Waals surface area contributed by atoms with E-state index in [1.807, 2.05) is 62.7 Å². The largest absolute Gasteiger partial charge is 0.335 e. The first kappa shape index (κ1) is 28.2. The van der Waals surface area contributed by atoms with Crippen LogP contribution in [0.4, 0.5) is 0 Å². The van der Waals surface area contributed by atoms with Crippen molar-refractivity contribution in [3.63, 3.8) is 0 Å². The molecule has 7 nitrogen and oxygen atoms in total. The summed E-state index contributed by atoms with van der Waals surface area (Å²) in [4.78, 5) is 23.3. The summed E-state index contributed by atoms with van der Waals surface area (Å²) in [5.74, 6) is 0. The van der Waals surface area contributed by atoms with Crippen molar-refractivity contribution >= 4 is 39.2 Å². The predicted octanol–water partition coefficient (Wildman–Crippen LogP) is 5.91. The van der Waals surface area contributed by atoms with Gasteiger partial charge in [-0.3, -0.25) is 4.98 Å². The Morgan fingerprint density at radius 1 is 1.14 bits per heavy atom. The molecule has 1 aliphatic carbocycles. The van der Waals surface area contributed by atoms with E-state index in [9.17, 15) is 4.91 Å². The van der Waals surface area contributed by atoms with Crippen LogP contribution in [0.2, 0.25) is 5.02 Å². The first-order valence-electron chi connectivity index (χ1n) is 12.2. The minimum atomic E-state index is -1.13. The highest BCUT2D eigenvalue weighted by atomic mass is 79.9. The number of imidazole rings is 1. The number of fused-ring (bicyclic) bond motifs is 2. The highest BCUT2D eigenvalue weighted by Crippen LogP contribution is 2.44. The average molecular weight is 574 g/mol. The number of piperazine rings is 1. The second-order valence-corrected chi connectivity index (χ2v) is 10.2. The van der Waals surface area contributed by atoms with Crippen molar-refractivity contribution in [2.45, 2.75) is 32.7 Å². The standard InChI is InChI=1S/C20H16BrClN4O.C5H12N2.C2H6/c1-20(25-27,19-10-23-11-26(19)2)17-6-13-5-15(22)4-3-12(13)7-18-16(17)8-14(21)9-24-18;1-7-4-2-6-3-5-7;1-2/h3-6,8-11H,7H2,1-2H3;6H,2-5H2,1H3;1-2H3. The van der Waals surface area contributed by atoms with Crippen molar-refractivity contribution in [2.24, 2.45) is 12.2 Å². The Hall–Kier alpha value is -2.39. The summed E-state index contributed by atoms with van der Waals surface area (Å²) >= 11 is 9.74. The number of aromatic nitrogens is 3. The summed E-state index contributed by atoms with van der Waals surface area (Å²) < 4.78 is 2.66. The lowest BCUT2D eigenvalue weighted by molar-refractivity contribution is 0.291. The highest BCUT2D eigenvalue weighted by Gasteiger charge is 2.38. The van der Waals surface area contributed by atoms with Gasteiger partial charge in [-0.25, -0.2) is 4.98 Å². The molecule has 0 radical (unpaired) electrons. The Bertz CT molecular complexity index is 1220. The van der Waals surface area contributed by atoms with Gasteiger partial charge >= 0.3 is 0 Å². The number of aryl methyl sites for hydroxylation is 1. The molecule has 1 saturated heterocycles. The molecule has 36 heavy (non-hydrogen) atoms. The van der Waals surface area contributed by atoms with Crippen LogP contribution in [0, 0.1) is 4.91 Å². The fraction of sp³-hybridized carbons (Fsp3) is 0.407. The van der Waals surface area contributed by atoms with Crippen molar-refractivity contribution in [3.8, 4) is 0 Å². The van der Waals surface area contributed by atoms with Crippen molar-refractivity contribution < 1.29 is 0 Å². The van der Waals surface area contributed by atoms with E-state index in [1.165, 1.54) is 13.1 Å². The third kappa shape index (κ3) is 6.29. The van der Waals surface area contributed by atoms with Gasteiger partial charge in [-0.1, -0.05) is 36.7 Å². The number of hydrogen-bond acceptors (Lipinski definition) is 6. The van der Waals surface area contributed by atoms with Gasteiger partial charge in [0.25, 0.3) is 0 Å². The van der Waals surface area contributed by atoms with Crippen molar-refractivity contribution in [2.75, 3.05) is 33.2 Å². The second kappa shape index (κ2) is 12.7. The molecule has 0 bridgehead atoms. The first-order valence-corrected chi connectivity index (χ1v) is 13.3. The quantitative estimate of drug-likeness (QED) is 0.395. The average Bonchev–Trinajstić information content (AvgIpc) is 3.26. The number of pyridine rings is 1. The third-order valence-corrected chi connectivity index (χ3v) is 7.02. The topological polar surface area (TPSA) is 75.4 Å². The van der Waals surface area contributed by atoms with E-state index in [2.05, 4.69) is 48.3 Å². The van der Waals surface area contributed by atoms with Crippen LogP contribution in [0.5, 0.6) is 0 Å². The van der Waals surface area contributed by atoms with Crippen LogP contribution in [0.1, 0.15) is 48.8 Å². The fourth-order valence-electron chi connectivity index (χ4n) is 4.36. The zero-order valence-corrected chi connectivity index (χ0v) is 23.9. The van der Waals surface area contributed by atoms with E-state index >= 15 is 0 Å². The van der Waals surface area contributed by atoms with Crippen molar-refractivity contribution in [1.29, 1.82) is 0 Å². The van der Waals surface area contributed by atoms with Crippen LogP contribution in [-0.4, -0.2) is 52.7 Å². The summed E-state index contributed by atoms with van der Waals surface area (Å²) in [6, 6.07) is 7.77. The summed E-state index contributed by atoms with van der Waals surface area (Å²) in [5, 5.41) is 7.47. The molecular weight excluding hydrogens is 540 g/mol. The summed E-state index contributed by atoms with van der Waals surface area (Å²) in [6.07, 6.45) is 7.76. The Kier molecular flexibility index (Phi) is 9.96. The normalized spacial score (nSPS) is 16.5. The van der Waals surface area contributed by atoms with Gasteiger partial charge in [0.05, 0.1) is 23.9 Å². The SMILES string of the molecule is CC.CN1CCNCC1.Cn1cncc1C(C)(N=O)C1=Cc2cc(Cl)ccc2Cc2ncc(Br)cc21. The molecule has 1 aliphatic heterocycles. The maximum absolute atomic E-state index is 12.2. The predicted molar refractivity (Wildman–Crippen MR) is 152 cm³/mol. The molecule has 0 spiro atoms. The molecule has 3 heterocycles. The lowest BCUT2D eigenvalue weighted by atomic mass is 9.83. The molecule has 1 unspecified atom stereocenters. The number of likely N-dealkylation sites (N-methyl/N-ethyl adjacent to an activating group) is 1. The number of nitrogens with one attached hydrogen (secondary N) is 1. The molecule has 2 aliphatic rings. The van der Waals surface area contributed by atoms with Crippen LogP contribution >= 0.6 is 27.5 Å². The van der Waals surface area contributed by atoms with E-state index in [0.717, 1.165) is 45.5 Å². The van der Waals surface area contributed by atoms with Crippen LogP contribution in [0.3, 0.4) is 0 Å². The Balaban J connectivity index is 0.000000342. The van der Waals surface area contributed by atoms with Gasteiger partial charge < -0.3 is 14.8 Å².